The van der Waals surface area contributed by atoms with E-state index in [1.165, 1.54) is 9.87 Å². The van der Waals surface area contributed by atoms with E-state index in [9.17, 15) is 13.2 Å². The van der Waals surface area contributed by atoms with Crippen molar-refractivity contribution in [2.75, 3.05) is 18.5 Å². The third kappa shape index (κ3) is 4.54. The fourth-order valence-electron chi connectivity index (χ4n) is 3.69. The summed E-state index contributed by atoms with van der Waals surface area (Å²) < 4.78 is 27.6. The summed E-state index contributed by atoms with van der Waals surface area (Å²) in [5.41, 5.74) is 3.97. The van der Waals surface area contributed by atoms with Crippen LogP contribution in [0, 0.1) is 0 Å². The number of carbonyl (C=O) groups excluding carboxylic acids is 1. The van der Waals surface area contributed by atoms with Crippen molar-refractivity contribution in [2.45, 2.75) is 57.4 Å². The topological polar surface area (TPSA) is 57.7 Å². The van der Waals surface area contributed by atoms with Crippen LogP contribution >= 0.6 is 0 Å². The Morgan fingerprint density at radius 1 is 1.10 bits per heavy atom. The molecule has 0 unspecified atom stereocenters. The van der Waals surface area contributed by atoms with Crippen molar-refractivity contribution in [3.05, 3.63) is 59.2 Å². The van der Waals surface area contributed by atoms with Crippen molar-refractivity contribution in [2.24, 2.45) is 0 Å². The molecule has 2 aromatic rings. The third-order valence-electron chi connectivity index (χ3n) is 5.48. The molecule has 0 fully saturated rings. The van der Waals surface area contributed by atoms with E-state index in [1.54, 1.807) is 37.1 Å². The van der Waals surface area contributed by atoms with E-state index >= 15 is 0 Å². The van der Waals surface area contributed by atoms with Crippen molar-refractivity contribution >= 4 is 21.6 Å². The second-order valence-corrected chi connectivity index (χ2v) is 10.8. The summed E-state index contributed by atoms with van der Waals surface area (Å²) in [5, 5.41) is 0. The number of anilines is 1. The molecule has 1 heterocycles. The second-order valence-electron chi connectivity index (χ2n) is 8.77. The maximum atomic E-state index is 13.1. The van der Waals surface area contributed by atoms with Crippen LogP contribution in [0.25, 0.3) is 0 Å². The van der Waals surface area contributed by atoms with Crippen LogP contribution in [0.4, 0.5) is 5.69 Å². The summed E-state index contributed by atoms with van der Waals surface area (Å²) >= 11 is 0. The van der Waals surface area contributed by atoms with Gasteiger partial charge >= 0.3 is 0 Å². The Balaban J connectivity index is 1.82. The van der Waals surface area contributed by atoms with Crippen LogP contribution in [0.1, 0.15) is 50.8 Å². The van der Waals surface area contributed by atoms with E-state index in [4.69, 9.17) is 0 Å². The maximum Gasteiger partial charge on any atom is 0.243 e. The first-order valence-electron chi connectivity index (χ1n) is 9.97. The highest BCUT2D eigenvalue weighted by molar-refractivity contribution is 7.89. The van der Waals surface area contributed by atoms with Crippen LogP contribution in [0.15, 0.2) is 47.4 Å². The Morgan fingerprint density at radius 3 is 2.34 bits per heavy atom. The van der Waals surface area contributed by atoms with Crippen molar-refractivity contribution in [1.82, 2.24) is 4.31 Å². The highest BCUT2D eigenvalue weighted by Crippen LogP contribution is 2.30. The molecular formula is C23H30N2O3S. The van der Waals surface area contributed by atoms with Gasteiger partial charge in [-0.25, -0.2) is 8.42 Å². The molecule has 1 aliphatic heterocycles. The van der Waals surface area contributed by atoms with Gasteiger partial charge in [0.15, 0.2) is 0 Å². The molecule has 6 heteroatoms. The van der Waals surface area contributed by atoms with Crippen LogP contribution in [0.5, 0.6) is 0 Å². The molecule has 0 spiro atoms. The highest BCUT2D eigenvalue weighted by atomic mass is 32.2. The summed E-state index contributed by atoms with van der Waals surface area (Å²) in [4.78, 5) is 13.8. The van der Waals surface area contributed by atoms with Crippen molar-refractivity contribution < 1.29 is 13.2 Å². The standard InChI is InChI=1S/C23H30N2O3S/c1-17(26)25-14-6-7-19-15-21(12-13-22(19)25)29(27,28)24(5)16-18-8-10-20(11-9-18)23(2,3)4/h8-13,15H,6-7,14,16H2,1-5H3. The number of rotatable bonds is 4. The molecule has 0 aliphatic carbocycles. The molecule has 29 heavy (non-hydrogen) atoms. The van der Waals surface area contributed by atoms with Gasteiger partial charge in [-0.15, -0.1) is 0 Å². The minimum atomic E-state index is -3.62. The minimum Gasteiger partial charge on any atom is -0.312 e. The number of aryl methyl sites for hydroxylation is 1. The van der Waals surface area contributed by atoms with Gasteiger partial charge in [0, 0.05) is 32.7 Å². The van der Waals surface area contributed by atoms with E-state index in [1.807, 2.05) is 12.1 Å². The van der Waals surface area contributed by atoms with E-state index in [0.717, 1.165) is 29.7 Å². The van der Waals surface area contributed by atoms with Gasteiger partial charge in [-0.05, 0) is 53.1 Å². The number of hydrogen-bond donors (Lipinski definition) is 0. The van der Waals surface area contributed by atoms with Gasteiger partial charge in [-0.3, -0.25) is 4.79 Å². The zero-order valence-corrected chi connectivity index (χ0v) is 18.7. The van der Waals surface area contributed by atoms with Crippen molar-refractivity contribution in [3.63, 3.8) is 0 Å². The predicted molar refractivity (Wildman–Crippen MR) is 117 cm³/mol. The summed E-state index contributed by atoms with van der Waals surface area (Å²) in [6.45, 7) is 8.99. The summed E-state index contributed by atoms with van der Waals surface area (Å²) in [5.74, 6) is -0.0163. The van der Waals surface area contributed by atoms with Crippen LogP contribution in [-0.4, -0.2) is 32.2 Å². The summed E-state index contributed by atoms with van der Waals surface area (Å²) in [6.07, 6.45) is 1.62. The average Bonchev–Trinajstić information content (AvgIpc) is 2.66. The number of nitrogens with zero attached hydrogens (tertiary/aromatic N) is 2. The quantitative estimate of drug-likeness (QED) is 0.757. The van der Waals surface area contributed by atoms with E-state index < -0.39 is 10.0 Å². The molecule has 3 rings (SSSR count). The first-order chi connectivity index (χ1) is 13.5. The molecule has 156 valence electrons. The third-order valence-corrected chi connectivity index (χ3v) is 7.28. The molecule has 0 radical (unpaired) electrons. The van der Waals surface area contributed by atoms with Gasteiger partial charge in [0.25, 0.3) is 0 Å². The number of fused-ring (bicyclic) bond motifs is 1. The maximum absolute atomic E-state index is 13.1. The molecule has 0 atom stereocenters. The Labute approximate surface area is 174 Å². The van der Waals surface area contributed by atoms with Gasteiger partial charge in [-0.2, -0.15) is 4.31 Å². The first-order valence-corrected chi connectivity index (χ1v) is 11.4. The minimum absolute atomic E-state index is 0.0163. The Hall–Kier alpha value is -2.18. The largest absolute Gasteiger partial charge is 0.312 e. The number of sulfonamides is 1. The van der Waals surface area contributed by atoms with Gasteiger partial charge in [0.2, 0.25) is 15.9 Å². The van der Waals surface area contributed by atoms with Crippen LogP contribution < -0.4 is 4.90 Å². The van der Waals surface area contributed by atoms with Crippen molar-refractivity contribution in [1.29, 1.82) is 0 Å². The lowest BCUT2D eigenvalue weighted by molar-refractivity contribution is -0.116. The van der Waals surface area contributed by atoms with Gasteiger partial charge < -0.3 is 4.90 Å². The van der Waals surface area contributed by atoms with Crippen LogP contribution in [0.2, 0.25) is 0 Å². The molecule has 0 aromatic heterocycles. The van der Waals surface area contributed by atoms with Gasteiger partial charge in [-0.1, -0.05) is 45.0 Å². The normalized spacial score (nSPS) is 14.8. The molecule has 0 saturated carbocycles. The first kappa shape index (κ1) is 21.5. The number of carbonyl (C=O) groups is 1. The van der Waals surface area contributed by atoms with Crippen LogP contribution in [0.3, 0.4) is 0 Å². The molecular weight excluding hydrogens is 384 g/mol. The zero-order valence-electron chi connectivity index (χ0n) is 17.9. The Morgan fingerprint density at radius 2 is 1.76 bits per heavy atom. The molecule has 0 saturated heterocycles. The number of amides is 1. The Bertz CT molecular complexity index is 1010. The molecule has 5 nitrogen and oxygen atoms in total. The highest BCUT2D eigenvalue weighted by Gasteiger charge is 2.25. The SMILES string of the molecule is CC(=O)N1CCCc2cc(S(=O)(=O)N(C)Cc3ccc(C(C)(C)C)cc3)ccc21. The lowest BCUT2D eigenvalue weighted by Gasteiger charge is -2.29. The number of benzene rings is 2. The Kier molecular flexibility index (Phi) is 5.88. The molecule has 2 aromatic carbocycles. The van der Waals surface area contributed by atoms with Crippen LogP contribution in [-0.2, 0) is 33.2 Å². The monoisotopic (exact) mass is 414 g/mol. The average molecular weight is 415 g/mol. The lowest BCUT2D eigenvalue weighted by atomic mass is 9.87. The fourth-order valence-corrected chi connectivity index (χ4v) is 4.90. The lowest BCUT2D eigenvalue weighted by Crippen LogP contribution is -2.34. The zero-order chi connectivity index (χ0) is 21.4. The van der Waals surface area contributed by atoms with Crippen molar-refractivity contribution in [3.8, 4) is 0 Å². The van der Waals surface area contributed by atoms with Gasteiger partial charge in [0.05, 0.1) is 4.90 Å². The van der Waals surface area contributed by atoms with Gasteiger partial charge in [0.1, 0.15) is 0 Å². The molecule has 1 amide bonds. The van der Waals surface area contributed by atoms with E-state index in [0.29, 0.717) is 13.1 Å². The number of hydrogen-bond acceptors (Lipinski definition) is 3. The summed E-state index contributed by atoms with van der Waals surface area (Å²) in [7, 11) is -2.01. The fraction of sp³-hybridized carbons (Fsp3) is 0.435. The summed E-state index contributed by atoms with van der Waals surface area (Å²) in [6, 6.07) is 13.2. The molecule has 1 aliphatic rings. The molecule has 0 N–H and O–H groups in total. The predicted octanol–water partition coefficient (Wildman–Crippen LogP) is 4.10. The smallest absolute Gasteiger partial charge is 0.243 e. The van der Waals surface area contributed by atoms with E-state index in [2.05, 4.69) is 32.9 Å². The van der Waals surface area contributed by atoms with E-state index in [-0.39, 0.29) is 16.2 Å². The second kappa shape index (κ2) is 7.92. The molecule has 0 bridgehead atoms.